The van der Waals surface area contributed by atoms with Crippen LogP contribution in [0.1, 0.15) is 24.9 Å². The molecule has 0 saturated carbocycles. The zero-order valence-corrected chi connectivity index (χ0v) is 11.7. The molecule has 0 fully saturated rings. The van der Waals surface area contributed by atoms with E-state index in [4.69, 9.17) is 14.2 Å². The zero-order valence-electron chi connectivity index (χ0n) is 11.7. The number of hydrogen-bond acceptors (Lipinski definition) is 4. The van der Waals surface area contributed by atoms with Crippen molar-refractivity contribution < 1.29 is 14.2 Å². The number of nitrogens with one attached hydrogen (secondary N) is 1. The van der Waals surface area contributed by atoms with Crippen LogP contribution in [0.4, 0.5) is 0 Å². The number of methoxy groups -OCH3 is 2. The Morgan fingerprint density at radius 3 is 2.17 bits per heavy atom. The Morgan fingerprint density at radius 2 is 1.72 bits per heavy atom. The predicted molar refractivity (Wildman–Crippen MR) is 72.5 cm³/mol. The molecule has 4 nitrogen and oxygen atoms in total. The Morgan fingerprint density at radius 1 is 1.11 bits per heavy atom. The normalized spacial score (nSPS) is 12.2. The summed E-state index contributed by atoms with van der Waals surface area (Å²) in [6.45, 7) is 3.49. The lowest BCUT2D eigenvalue weighted by molar-refractivity contribution is 0.137. The summed E-state index contributed by atoms with van der Waals surface area (Å²) in [5.41, 5.74) is 1.15. The van der Waals surface area contributed by atoms with E-state index in [-0.39, 0.29) is 6.04 Å². The number of hydrogen-bond donors (Lipinski definition) is 1. The second-order valence-electron chi connectivity index (χ2n) is 3.97. The molecule has 0 aliphatic rings. The highest BCUT2D eigenvalue weighted by molar-refractivity contribution is 5.39. The predicted octanol–water partition coefficient (Wildman–Crippen LogP) is 2.39. The van der Waals surface area contributed by atoms with Gasteiger partial charge in [0.2, 0.25) is 0 Å². The van der Waals surface area contributed by atoms with Gasteiger partial charge in [0, 0.05) is 25.3 Å². The second kappa shape index (κ2) is 7.95. The van der Waals surface area contributed by atoms with E-state index in [9.17, 15) is 0 Å². The van der Waals surface area contributed by atoms with Gasteiger partial charge in [0.1, 0.15) is 11.5 Å². The first-order valence-electron chi connectivity index (χ1n) is 6.23. The number of ether oxygens (including phenoxy) is 3. The molecular formula is C14H23NO3. The monoisotopic (exact) mass is 253 g/mol. The van der Waals surface area contributed by atoms with Crippen molar-refractivity contribution in [1.29, 1.82) is 0 Å². The van der Waals surface area contributed by atoms with E-state index in [1.807, 2.05) is 32.2 Å². The van der Waals surface area contributed by atoms with Gasteiger partial charge in [-0.25, -0.2) is 0 Å². The van der Waals surface area contributed by atoms with Gasteiger partial charge >= 0.3 is 0 Å². The highest BCUT2D eigenvalue weighted by Crippen LogP contribution is 2.27. The molecule has 1 atom stereocenters. The number of rotatable bonds is 8. The van der Waals surface area contributed by atoms with Gasteiger partial charge in [-0.15, -0.1) is 0 Å². The Balaban J connectivity index is 2.83. The van der Waals surface area contributed by atoms with Crippen LogP contribution >= 0.6 is 0 Å². The van der Waals surface area contributed by atoms with Gasteiger partial charge in [-0.1, -0.05) is 0 Å². The molecule has 0 aliphatic heterocycles. The van der Waals surface area contributed by atoms with Crippen molar-refractivity contribution >= 4 is 0 Å². The van der Waals surface area contributed by atoms with Crippen LogP contribution in [0.3, 0.4) is 0 Å². The Bertz CT molecular complexity index is 333. The minimum atomic E-state index is 0.237. The Labute approximate surface area is 109 Å². The molecule has 0 aliphatic carbocycles. The topological polar surface area (TPSA) is 39.7 Å². The molecule has 1 aromatic rings. The molecule has 0 amide bonds. The number of benzene rings is 1. The van der Waals surface area contributed by atoms with Crippen LogP contribution < -0.4 is 14.8 Å². The Kier molecular flexibility index (Phi) is 6.54. The average molecular weight is 253 g/mol. The van der Waals surface area contributed by atoms with Gasteiger partial charge in [0.15, 0.2) is 0 Å². The van der Waals surface area contributed by atoms with Crippen LogP contribution in [0.5, 0.6) is 11.5 Å². The summed E-state index contributed by atoms with van der Waals surface area (Å²) >= 11 is 0. The van der Waals surface area contributed by atoms with Gasteiger partial charge in [-0.05, 0) is 38.1 Å². The maximum absolute atomic E-state index is 5.40. The lowest BCUT2D eigenvalue weighted by Gasteiger charge is -2.18. The maximum Gasteiger partial charge on any atom is 0.122 e. The maximum atomic E-state index is 5.40. The molecule has 1 aromatic carbocycles. The van der Waals surface area contributed by atoms with E-state index in [1.54, 1.807) is 14.2 Å². The van der Waals surface area contributed by atoms with E-state index in [0.717, 1.165) is 36.7 Å². The first-order chi connectivity index (χ1) is 8.74. The van der Waals surface area contributed by atoms with Crippen molar-refractivity contribution in [2.24, 2.45) is 0 Å². The fraction of sp³-hybridized carbons (Fsp3) is 0.571. The zero-order chi connectivity index (χ0) is 13.4. The summed E-state index contributed by atoms with van der Waals surface area (Å²) in [6.07, 6.45) is 0.917. The molecule has 0 saturated heterocycles. The molecule has 4 heteroatoms. The molecule has 1 N–H and O–H groups in total. The van der Waals surface area contributed by atoms with Crippen LogP contribution in [0.15, 0.2) is 18.2 Å². The van der Waals surface area contributed by atoms with Crippen LogP contribution in [-0.2, 0) is 4.74 Å². The van der Waals surface area contributed by atoms with Crippen molar-refractivity contribution in [2.45, 2.75) is 19.4 Å². The summed E-state index contributed by atoms with van der Waals surface area (Å²) in [5.74, 6) is 1.61. The van der Waals surface area contributed by atoms with Crippen LogP contribution in [-0.4, -0.2) is 34.5 Å². The third-order valence-electron chi connectivity index (χ3n) is 2.88. The van der Waals surface area contributed by atoms with Gasteiger partial charge in [0.25, 0.3) is 0 Å². The highest BCUT2D eigenvalue weighted by Gasteiger charge is 2.12. The standard InChI is InChI=1S/C14H23NO3/c1-5-18-7-6-14(15-2)11-8-12(16-3)10-13(9-11)17-4/h8-10,14-15H,5-7H2,1-4H3. The molecule has 102 valence electrons. The van der Waals surface area contributed by atoms with Crippen molar-refractivity contribution in [2.75, 3.05) is 34.5 Å². The summed E-state index contributed by atoms with van der Waals surface area (Å²) in [7, 11) is 5.27. The van der Waals surface area contributed by atoms with Crippen LogP contribution in [0, 0.1) is 0 Å². The lowest BCUT2D eigenvalue weighted by Crippen LogP contribution is -2.18. The van der Waals surface area contributed by atoms with Gasteiger partial charge in [-0.3, -0.25) is 0 Å². The summed E-state index contributed by atoms with van der Waals surface area (Å²) in [5, 5.41) is 3.29. The summed E-state index contributed by atoms with van der Waals surface area (Å²) < 4.78 is 16.0. The molecule has 1 unspecified atom stereocenters. The molecule has 0 radical (unpaired) electrons. The van der Waals surface area contributed by atoms with E-state index < -0.39 is 0 Å². The van der Waals surface area contributed by atoms with Crippen LogP contribution in [0.2, 0.25) is 0 Å². The average Bonchev–Trinajstić information content (AvgIpc) is 2.43. The van der Waals surface area contributed by atoms with Crippen LogP contribution in [0.25, 0.3) is 0 Å². The molecule has 0 bridgehead atoms. The van der Waals surface area contributed by atoms with E-state index in [0.29, 0.717) is 0 Å². The second-order valence-corrected chi connectivity index (χ2v) is 3.97. The van der Waals surface area contributed by atoms with Crippen molar-refractivity contribution in [3.63, 3.8) is 0 Å². The van der Waals surface area contributed by atoms with Gasteiger partial charge < -0.3 is 19.5 Å². The molecule has 1 rings (SSSR count). The SMILES string of the molecule is CCOCCC(NC)c1cc(OC)cc(OC)c1. The highest BCUT2D eigenvalue weighted by atomic mass is 16.5. The first-order valence-corrected chi connectivity index (χ1v) is 6.23. The minimum Gasteiger partial charge on any atom is -0.497 e. The van der Waals surface area contributed by atoms with Crippen molar-refractivity contribution in [1.82, 2.24) is 5.32 Å². The molecule has 0 spiro atoms. The third-order valence-corrected chi connectivity index (χ3v) is 2.88. The molecule has 0 aromatic heterocycles. The fourth-order valence-electron chi connectivity index (χ4n) is 1.85. The largest absolute Gasteiger partial charge is 0.497 e. The third kappa shape index (κ3) is 4.20. The van der Waals surface area contributed by atoms with E-state index >= 15 is 0 Å². The minimum absolute atomic E-state index is 0.237. The van der Waals surface area contributed by atoms with Crippen molar-refractivity contribution in [3.05, 3.63) is 23.8 Å². The van der Waals surface area contributed by atoms with Gasteiger partial charge in [0.05, 0.1) is 14.2 Å². The molecule has 0 heterocycles. The first kappa shape index (κ1) is 14.8. The quantitative estimate of drug-likeness (QED) is 0.722. The smallest absolute Gasteiger partial charge is 0.122 e. The summed E-state index contributed by atoms with van der Waals surface area (Å²) in [4.78, 5) is 0. The van der Waals surface area contributed by atoms with Crippen molar-refractivity contribution in [3.8, 4) is 11.5 Å². The van der Waals surface area contributed by atoms with Gasteiger partial charge in [-0.2, -0.15) is 0 Å². The van der Waals surface area contributed by atoms with E-state index in [2.05, 4.69) is 5.32 Å². The Hall–Kier alpha value is -1.26. The lowest BCUT2D eigenvalue weighted by atomic mass is 10.0. The summed E-state index contributed by atoms with van der Waals surface area (Å²) in [6, 6.07) is 6.16. The fourth-order valence-corrected chi connectivity index (χ4v) is 1.85. The van der Waals surface area contributed by atoms with E-state index in [1.165, 1.54) is 0 Å². The molecular weight excluding hydrogens is 230 g/mol. The molecule has 18 heavy (non-hydrogen) atoms.